The summed E-state index contributed by atoms with van der Waals surface area (Å²) < 4.78 is 11.1. The molecule has 0 fully saturated rings. The van der Waals surface area contributed by atoms with Crippen LogP contribution in [0.1, 0.15) is 36.1 Å². The van der Waals surface area contributed by atoms with Crippen LogP contribution in [0.15, 0.2) is 36.4 Å². The predicted molar refractivity (Wildman–Crippen MR) is 118 cm³/mol. The largest absolute Gasteiger partial charge is 0.497 e. The summed E-state index contributed by atoms with van der Waals surface area (Å²) in [5.41, 5.74) is 4.07. The minimum atomic E-state index is -0.632. The molecule has 1 N–H and O–H groups in total. The van der Waals surface area contributed by atoms with Gasteiger partial charge >= 0.3 is 0 Å². The fourth-order valence-electron chi connectivity index (χ4n) is 3.25. The molecule has 0 aromatic heterocycles. The average Bonchev–Trinajstić information content (AvgIpc) is 2.73. The number of benzene rings is 2. The first-order valence-electron chi connectivity index (χ1n) is 10.2. The van der Waals surface area contributed by atoms with Crippen LogP contribution in [0, 0.1) is 20.8 Å². The first-order valence-corrected chi connectivity index (χ1v) is 10.2. The van der Waals surface area contributed by atoms with Gasteiger partial charge in [0.25, 0.3) is 5.91 Å². The van der Waals surface area contributed by atoms with E-state index >= 15 is 0 Å². The topological polar surface area (TPSA) is 67.9 Å². The van der Waals surface area contributed by atoms with Crippen LogP contribution in [0.3, 0.4) is 0 Å². The summed E-state index contributed by atoms with van der Waals surface area (Å²) >= 11 is 0. The zero-order chi connectivity index (χ0) is 22.3. The van der Waals surface area contributed by atoms with E-state index in [4.69, 9.17) is 9.47 Å². The Hall–Kier alpha value is -3.02. The fourth-order valence-corrected chi connectivity index (χ4v) is 3.25. The Balaban J connectivity index is 2.22. The lowest BCUT2D eigenvalue weighted by Gasteiger charge is -2.29. The molecule has 2 amide bonds. The van der Waals surface area contributed by atoms with Gasteiger partial charge in [0.05, 0.1) is 7.11 Å². The second-order valence-corrected chi connectivity index (χ2v) is 7.44. The van der Waals surface area contributed by atoms with Crippen molar-refractivity contribution < 1.29 is 19.1 Å². The number of ether oxygens (including phenoxy) is 2. The monoisotopic (exact) mass is 412 g/mol. The van der Waals surface area contributed by atoms with E-state index in [1.807, 2.05) is 58.0 Å². The molecule has 0 saturated heterocycles. The van der Waals surface area contributed by atoms with Crippen molar-refractivity contribution in [2.75, 3.05) is 20.3 Å². The van der Waals surface area contributed by atoms with E-state index < -0.39 is 6.04 Å². The summed E-state index contributed by atoms with van der Waals surface area (Å²) in [5.74, 6) is 0.937. The number of nitrogens with zero attached hydrogens (tertiary/aromatic N) is 1. The van der Waals surface area contributed by atoms with E-state index in [2.05, 4.69) is 11.4 Å². The van der Waals surface area contributed by atoms with E-state index in [0.717, 1.165) is 22.3 Å². The number of amides is 2. The zero-order valence-electron chi connectivity index (χ0n) is 18.7. The summed E-state index contributed by atoms with van der Waals surface area (Å²) in [6.07, 6.45) is 0. The van der Waals surface area contributed by atoms with Gasteiger partial charge < -0.3 is 19.7 Å². The van der Waals surface area contributed by atoms with E-state index in [1.165, 1.54) is 4.90 Å². The van der Waals surface area contributed by atoms with Crippen molar-refractivity contribution in [3.63, 3.8) is 0 Å². The highest BCUT2D eigenvalue weighted by Crippen LogP contribution is 2.23. The second kappa shape index (κ2) is 10.7. The van der Waals surface area contributed by atoms with Gasteiger partial charge in [-0.25, -0.2) is 0 Å². The molecule has 0 spiro atoms. The molecule has 0 saturated carbocycles. The average molecular weight is 413 g/mol. The van der Waals surface area contributed by atoms with Gasteiger partial charge in [0.15, 0.2) is 6.61 Å². The maximum atomic E-state index is 13.1. The van der Waals surface area contributed by atoms with Crippen LogP contribution in [0.25, 0.3) is 0 Å². The van der Waals surface area contributed by atoms with Crippen LogP contribution in [-0.2, 0) is 16.1 Å². The Morgan fingerprint density at radius 2 is 1.87 bits per heavy atom. The third-order valence-electron chi connectivity index (χ3n) is 5.12. The highest BCUT2D eigenvalue weighted by atomic mass is 16.5. The second-order valence-electron chi connectivity index (χ2n) is 7.44. The number of aryl methyl sites for hydroxylation is 2. The van der Waals surface area contributed by atoms with Crippen LogP contribution < -0.4 is 14.8 Å². The van der Waals surface area contributed by atoms with Gasteiger partial charge in [0.2, 0.25) is 5.91 Å². The van der Waals surface area contributed by atoms with E-state index in [1.54, 1.807) is 14.0 Å². The molecular weight excluding hydrogens is 380 g/mol. The summed E-state index contributed by atoms with van der Waals surface area (Å²) in [5, 5.41) is 2.79. The summed E-state index contributed by atoms with van der Waals surface area (Å²) in [6.45, 7) is 10.2. The molecule has 0 aliphatic carbocycles. The van der Waals surface area contributed by atoms with Crippen molar-refractivity contribution in [2.45, 2.75) is 47.2 Å². The van der Waals surface area contributed by atoms with Crippen LogP contribution in [0.5, 0.6) is 11.5 Å². The molecule has 1 atom stereocenters. The van der Waals surface area contributed by atoms with Crippen molar-refractivity contribution in [2.24, 2.45) is 0 Å². The van der Waals surface area contributed by atoms with Gasteiger partial charge in [0, 0.05) is 13.1 Å². The summed E-state index contributed by atoms with van der Waals surface area (Å²) in [4.78, 5) is 27.1. The van der Waals surface area contributed by atoms with Crippen LogP contribution in [0.4, 0.5) is 0 Å². The standard InChI is InChI=1S/C24H32N2O4/c1-7-25-24(28)19(5)26(14-20-9-8-10-21(13-20)29-6)23(27)15-30-22-12-16(2)11-17(3)18(22)4/h8-13,19H,7,14-15H2,1-6H3,(H,25,28). The van der Waals surface area contributed by atoms with Gasteiger partial charge in [-0.1, -0.05) is 18.2 Å². The van der Waals surface area contributed by atoms with Crippen LogP contribution in [0.2, 0.25) is 0 Å². The maximum absolute atomic E-state index is 13.1. The van der Waals surface area contributed by atoms with Gasteiger partial charge in [-0.15, -0.1) is 0 Å². The SMILES string of the molecule is CCNC(=O)C(C)N(Cc1cccc(OC)c1)C(=O)COc1cc(C)cc(C)c1C. The Labute approximate surface area is 179 Å². The Kier molecular flexibility index (Phi) is 8.27. The van der Waals surface area contributed by atoms with E-state index in [0.29, 0.717) is 18.0 Å². The van der Waals surface area contributed by atoms with Crippen molar-refractivity contribution in [3.8, 4) is 11.5 Å². The highest BCUT2D eigenvalue weighted by Gasteiger charge is 2.26. The molecule has 2 aromatic rings. The lowest BCUT2D eigenvalue weighted by Crippen LogP contribution is -2.49. The van der Waals surface area contributed by atoms with Crippen molar-refractivity contribution in [1.29, 1.82) is 0 Å². The molecule has 0 aliphatic heterocycles. The number of nitrogens with one attached hydrogen (secondary N) is 1. The maximum Gasteiger partial charge on any atom is 0.261 e. The van der Waals surface area contributed by atoms with Gasteiger partial charge in [-0.05, 0) is 75.1 Å². The normalized spacial score (nSPS) is 11.5. The summed E-state index contributed by atoms with van der Waals surface area (Å²) in [7, 11) is 1.60. The first kappa shape index (κ1) is 23.3. The molecule has 1 unspecified atom stereocenters. The molecule has 30 heavy (non-hydrogen) atoms. The molecule has 162 valence electrons. The van der Waals surface area contributed by atoms with Gasteiger partial charge in [-0.3, -0.25) is 9.59 Å². The molecule has 0 heterocycles. The van der Waals surface area contributed by atoms with Gasteiger partial charge in [0.1, 0.15) is 17.5 Å². The van der Waals surface area contributed by atoms with Crippen molar-refractivity contribution in [1.82, 2.24) is 10.2 Å². The van der Waals surface area contributed by atoms with E-state index in [-0.39, 0.29) is 25.0 Å². The van der Waals surface area contributed by atoms with Crippen molar-refractivity contribution >= 4 is 11.8 Å². The number of likely N-dealkylation sites (N-methyl/N-ethyl adjacent to an activating group) is 1. The number of rotatable bonds is 9. The van der Waals surface area contributed by atoms with Crippen molar-refractivity contribution in [3.05, 3.63) is 58.7 Å². The Morgan fingerprint density at radius 3 is 2.53 bits per heavy atom. The number of hydrogen-bond donors (Lipinski definition) is 1. The van der Waals surface area contributed by atoms with Crippen LogP contribution >= 0.6 is 0 Å². The minimum absolute atomic E-state index is 0.141. The predicted octanol–water partition coefficient (Wildman–Crippen LogP) is 3.55. The number of carbonyl (C=O) groups is 2. The number of methoxy groups -OCH3 is 1. The molecule has 2 rings (SSSR count). The smallest absolute Gasteiger partial charge is 0.261 e. The highest BCUT2D eigenvalue weighted by molar-refractivity contribution is 5.87. The molecule has 0 bridgehead atoms. The number of carbonyl (C=O) groups excluding carboxylic acids is 2. The van der Waals surface area contributed by atoms with Gasteiger partial charge in [-0.2, -0.15) is 0 Å². The third kappa shape index (κ3) is 5.99. The first-order chi connectivity index (χ1) is 14.3. The lowest BCUT2D eigenvalue weighted by molar-refractivity contribution is -0.142. The quantitative estimate of drug-likeness (QED) is 0.684. The zero-order valence-corrected chi connectivity index (χ0v) is 18.7. The number of hydrogen-bond acceptors (Lipinski definition) is 4. The lowest BCUT2D eigenvalue weighted by atomic mass is 10.1. The minimum Gasteiger partial charge on any atom is -0.497 e. The molecule has 6 nitrogen and oxygen atoms in total. The molecular formula is C24H32N2O4. The fraction of sp³-hybridized carbons (Fsp3) is 0.417. The summed E-state index contributed by atoms with van der Waals surface area (Å²) in [6, 6.07) is 10.8. The molecule has 2 aromatic carbocycles. The van der Waals surface area contributed by atoms with E-state index in [9.17, 15) is 9.59 Å². The Bertz CT molecular complexity index is 895. The molecule has 6 heteroatoms. The molecule has 0 radical (unpaired) electrons. The van der Waals surface area contributed by atoms with Crippen LogP contribution in [-0.4, -0.2) is 43.0 Å². The third-order valence-corrected chi connectivity index (χ3v) is 5.12. The Morgan fingerprint density at radius 1 is 1.13 bits per heavy atom. The molecule has 0 aliphatic rings.